The van der Waals surface area contributed by atoms with E-state index < -0.39 is 0 Å². The highest BCUT2D eigenvalue weighted by Crippen LogP contribution is 2.54. The largest absolute Gasteiger partial charge is 0.331 e. The molecule has 2 atom stereocenters. The second kappa shape index (κ2) is 11.0. The molecule has 6 aromatic carbocycles. The quantitative estimate of drug-likeness (QED) is 0.195. The molecule has 0 bridgehead atoms. The average Bonchev–Trinajstić information content (AvgIpc) is 3.64. The van der Waals surface area contributed by atoms with Gasteiger partial charge in [0.25, 0.3) is 0 Å². The van der Waals surface area contributed by atoms with E-state index in [9.17, 15) is 10.5 Å². The molecule has 49 heavy (non-hydrogen) atoms. The van der Waals surface area contributed by atoms with E-state index >= 15 is 0 Å². The Bertz CT molecular complexity index is 2620. The van der Waals surface area contributed by atoms with E-state index in [1.165, 1.54) is 11.3 Å². The average molecular weight is 627 g/mol. The van der Waals surface area contributed by atoms with Crippen LogP contribution in [-0.4, -0.2) is 10.1 Å². The normalized spacial score (nSPS) is 17.5. The van der Waals surface area contributed by atoms with Crippen molar-refractivity contribution < 1.29 is 0 Å². The van der Waals surface area contributed by atoms with Crippen molar-refractivity contribution in [2.45, 2.75) is 18.4 Å². The number of fused-ring (bicyclic) bond motifs is 6. The summed E-state index contributed by atoms with van der Waals surface area (Å²) in [5.41, 5.74) is 11.4. The fourth-order valence-electron chi connectivity index (χ4n) is 8.12. The topological polar surface area (TPSA) is 55.8 Å². The van der Waals surface area contributed by atoms with Crippen LogP contribution in [0.1, 0.15) is 29.5 Å². The summed E-state index contributed by atoms with van der Waals surface area (Å²) in [5.74, 6) is 0.245. The standard InChI is InChI=1S/C45H30N4/c1-45-25-9-8-19-40(45)38-17-4-7-22-43(38)49(45)34-14-10-12-30(26-34)39-27-31(23-24-32(39)28-46)35-15-2-5-20-41(35)48-42-21-6-3-16-36(42)37-18-11-13-33(29-47)44(37)48/h2-27,40H,1H3. The highest BCUT2D eigenvalue weighted by atomic mass is 15.2. The Balaban J connectivity index is 1.22. The highest BCUT2D eigenvalue weighted by Gasteiger charge is 2.46. The van der Waals surface area contributed by atoms with Crippen molar-refractivity contribution in [3.05, 3.63) is 174 Å². The van der Waals surface area contributed by atoms with Crippen LogP contribution >= 0.6 is 0 Å². The lowest BCUT2D eigenvalue weighted by molar-refractivity contribution is 0.542. The maximum absolute atomic E-state index is 10.3. The summed E-state index contributed by atoms with van der Waals surface area (Å²) in [5, 5.41) is 22.7. The molecule has 1 aliphatic heterocycles. The third-order valence-electron chi connectivity index (χ3n) is 10.3. The zero-order valence-corrected chi connectivity index (χ0v) is 26.9. The molecule has 0 saturated heterocycles. The number of benzene rings is 6. The van der Waals surface area contributed by atoms with Crippen molar-refractivity contribution in [1.82, 2.24) is 4.57 Å². The van der Waals surface area contributed by atoms with Gasteiger partial charge in [0.2, 0.25) is 0 Å². The van der Waals surface area contributed by atoms with Gasteiger partial charge in [-0.1, -0.05) is 109 Å². The maximum atomic E-state index is 10.3. The van der Waals surface area contributed by atoms with E-state index in [-0.39, 0.29) is 11.5 Å². The molecule has 0 radical (unpaired) electrons. The summed E-state index contributed by atoms with van der Waals surface area (Å²) in [6.07, 6.45) is 8.89. The Morgan fingerprint density at radius 1 is 0.612 bits per heavy atom. The first-order valence-electron chi connectivity index (χ1n) is 16.5. The van der Waals surface area contributed by atoms with Crippen LogP contribution in [-0.2, 0) is 0 Å². The monoisotopic (exact) mass is 626 g/mol. The lowest BCUT2D eigenvalue weighted by Gasteiger charge is -2.39. The van der Waals surface area contributed by atoms with Gasteiger partial charge in [0.1, 0.15) is 6.07 Å². The Hall–Kier alpha value is -6.62. The molecule has 0 amide bonds. The summed E-state index contributed by atoms with van der Waals surface area (Å²) in [4.78, 5) is 2.44. The van der Waals surface area contributed by atoms with E-state index in [1.54, 1.807) is 0 Å². The van der Waals surface area contributed by atoms with Crippen LogP contribution in [0.15, 0.2) is 158 Å². The maximum Gasteiger partial charge on any atom is 0.101 e. The van der Waals surface area contributed by atoms with Crippen LogP contribution in [0, 0.1) is 22.7 Å². The molecular formula is C45H30N4. The number of allylic oxidation sites excluding steroid dienone is 2. The van der Waals surface area contributed by atoms with Crippen molar-refractivity contribution in [1.29, 1.82) is 10.5 Å². The Labute approximate surface area is 285 Å². The van der Waals surface area contributed by atoms with Crippen molar-refractivity contribution in [2.75, 3.05) is 4.90 Å². The van der Waals surface area contributed by atoms with Gasteiger partial charge in [-0.3, -0.25) is 0 Å². The predicted octanol–water partition coefficient (Wildman–Crippen LogP) is 11.0. The van der Waals surface area contributed by atoms with Gasteiger partial charge in [-0.05, 0) is 72.1 Å². The Kier molecular flexibility index (Phi) is 6.41. The van der Waals surface area contributed by atoms with Crippen molar-refractivity contribution in [3.63, 3.8) is 0 Å². The SMILES string of the molecule is CC12C=CC=CC1c1ccccc1N2c1cccc(-c2cc(-c3ccccc3-n3c4ccccc4c4cccc(C#N)c43)ccc2C#N)c1. The highest BCUT2D eigenvalue weighted by molar-refractivity contribution is 6.11. The van der Waals surface area contributed by atoms with Gasteiger partial charge in [-0.25, -0.2) is 0 Å². The minimum atomic E-state index is -0.250. The first-order chi connectivity index (χ1) is 24.1. The minimum Gasteiger partial charge on any atom is -0.331 e. The fourth-order valence-corrected chi connectivity index (χ4v) is 8.12. The lowest BCUT2D eigenvalue weighted by atomic mass is 9.80. The molecule has 0 fully saturated rings. The fraction of sp³-hybridized carbons (Fsp3) is 0.0667. The molecule has 4 heteroatoms. The summed E-state index contributed by atoms with van der Waals surface area (Å²) in [6.45, 7) is 2.30. The molecule has 230 valence electrons. The van der Waals surface area contributed by atoms with Gasteiger partial charge in [-0.15, -0.1) is 0 Å². The third kappa shape index (κ3) is 4.22. The van der Waals surface area contributed by atoms with Gasteiger partial charge < -0.3 is 9.47 Å². The first kappa shape index (κ1) is 28.6. The van der Waals surface area contributed by atoms with Crippen LogP contribution in [0.4, 0.5) is 11.4 Å². The van der Waals surface area contributed by atoms with Crippen LogP contribution in [0.25, 0.3) is 49.7 Å². The molecule has 1 aliphatic carbocycles. The molecule has 0 N–H and O–H groups in total. The minimum absolute atomic E-state index is 0.245. The van der Waals surface area contributed by atoms with Gasteiger partial charge in [0.05, 0.1) is 39.5 Å². The second-order valence-electron chi connectivity index (χ2n) is 12.9. The summed E-state index contributed by atoms with van der Waals surface area (Å²) in [7, 11) is 0. The lowest BCUT2D eigenvalue weighted by Crippen LogP contribution is -2.41. The van der Waals surface area contributed by atoms with Crippen molar-refractivity contribution >= 4 is 33.2 Å². The molecule has 0 saturated carbocycles. The zero-order chi connectivity index (χ0) is 33.1. The smallest absolute Gasteiger partial charge is 0.101 e. The Morgan fingerprint density at radius 2 is 1.35 bits per heavy atom. The molecule has 2 unspecified atom stereocenters. The molecule has 1 aromatic heterocycles. The first-order valence-corrected chi connectivity index (χ1v) is 16.5. The summed E-state index contributed by atoms with van der Waals surface area (Å²) in [6, 6.07) is 50.8. The van der Waals surface area contributed by atoms with Gasteiger partial charge in [0, 0.05) is 39.2 Å². The zero-order valence-electron chi connectivity index (χ0n) is 26.9. The number of nitriles is 2. The molecule has 2 aliphatic rings. The van der Waals surface area contributed by atoms with Crippen molar-refractivity contribution in [2.24, 2.45) is 0 Å². The van der Waals surface area contributed by atoms with Crippen LogP contribution in [0.3, 0.4) is 0 Å². The number of rotatable bonds is 4. The van der Waals surface area contributed by atoms with Crippen LogP contribution in [0.5, 0.6) is 0 Å². The van der Waals surface area contributed by atoms with Gasteiger partial charge in [-0.2, -0.15) is 10.5 Å². The predicted molar refractivity (Wildman–Crippen MR) is 199 cm³/mol. The van der Waals surface area contributed by atoms with Crippen LogP contribution in [0.2, 0.25) is 0 Å². The van der Waals surface area contributed by atoms with E-state index in [0.29, 0.717) is 11.1 Å². The van der Waals surface area contributed by atoms with Gasteiger partial charge >= 0.3 is 0 Å². The molecule has 0 spiro atoms. The number of nitrogens with zero attached hydrogens (tertiary/aromatic N) is 4. The molecule has 9 rings (SSSR count). The third-order valence-corrected chi connectivity index (χ3v) is 10.3. The van der Waals surface area contributed by atoms with Gasteiger partial charge in [0.15, 0.2) is 0 Å². The number of para-hydroxylation sites is 4. The van der Waals surface area contributed by atoms with Crippen molar-refractivity contribution in [3.8, 4) is 40.1 Å². The summed E-state index contributed by atoms with van der Waals surface area (Å²) < 4.78 is 2.21. The van der Waals surface area contributed by atoms with E-state index in [0.717, 1.165) is 55.4 Å². The number of anilines is 2. The molecular weight excluding hydrogens is 597 g/mol. The number of aromatic nitrogens is 1. The van der Waals surface area contributed by atoms with E-state index in [2.05, 4.69) is 138 Å². The molecule has 4 nitrogen and oxygen atoms in total. The second-order valence-corrected chi connectivity index (χ2v) is 12.9. The van der Waals surface area contributed by atoms with E-state index in [4.69, 9.17) is 0 Å². The number of hydrogen-bond acceptors (Lipinski definition) is 3. The van der Waals surface area contributed by atoms with Crippen LogP contribution < -0.4 is 4.90 Å². The summed E-state index contributed by atoms with van der Waals surface area (Å²) >= 11 is 0. The Morgan fingerprint density at radius 3 is 2.22 bits per heavy atom. The molecule has 2 heterocycles. The van der Waals surface area contributed by atoms with E-state index in [1.807, 2.05) is 48.5 Å². The molecule has 7 aromatic rings. The number of hydrogen-bond donors (Lipinski definition) is 0.